The molecule has 1 saturated carbocycles. The maximum Gasteiger partial charge on any atom is 0.165 e. The molecule has 0 heterocycles. The first-order chi connectivity index (χ1) is 17.5. The lowest BCUT2D eigenvalue weighted by Gasteiger charge is -2.54. The van der Waals surface area contributed by atoms with Gasteiger partial charge in [-0.2, -0.15) is 0 Å². The first kappa shape index (κ1) is 24.7. The quantitative estimate of drug-likeness (QED) is 0.390. The molecule has 0 aliphatic heterocycles. The number of hydrogen-bond donors (Lipinski definition) is 2. The fraction of sp³-hybridized carbons (Fsp3) is 0.364. The summed E-state index contributed by atoms with van der Waals surface area (Å²) in [4.78, 5) is 12.6. The molecule has 3 unspecified atom stereocenters. The number of fused-ring (bicyclic) bond motifs is 3. The van der Waals surface area contributed by atoms with Crippen LogP contribution in [0.25, 0.3) is 6.08 Å². The average Bonchev–Trinajstić information content (AvgIpc) is 2.90. The Kier molecular flexibility index (Phi) is 6.96. The minimum absolute atomic E-state index is 0.00630. The molecule has 0 saturated heterocycles. The minimum atomic E-state index is -0.810. The predicted molar refractivity (Wildman–Crippen MR) is 145 cm³/mol. The van der Waals surface area contributed by atoms with E-state index in [4.69, 9.17) is 0 Å². The van der Waals surface area contributed by atoms with Crippen LogP contribution >= 0.6 is 0 Å². The van der Waals surface area contributed by atoms with E-state index in [2.05, 4.69) is 67.6 Å². The molecule has 0 spiro atoms. The van der Waals surface area contributed by atoms with E-state index in [0.717, 1.165) is 43.2 Å². The van der Waals surface area contributed by atoms with Crippen LogP contribution in [0.4, 0.5) is 0 Å². The van der Waals surface area contributed by atoms with Gasteiger partial charge in [0.1, 0.15) is 0 Å². The van der Waals surface area contributed by atoms with Gasteiger partial charge in [-0.25, -0.2) is 0 Å². The molecule has 3 nitrogen and oxygen atoms in total. The average molecular weight is 481 g/mol. The van der Waals surface area contributed by atoms with Crippen molar-refractivity contribution in [3.05, 3.63) is 112 Å². The van der Waals surface area contributed by atoms with Crippen molar-refractivity contribution in [1.29, 1.82) is 0 Å². The van der Waals surface area contributed by atoms with E-state index in [0.29, 0.717) is 17.9 Å². The molecule has 0 amide bonds. The summed E-state index contributed by atoms with van der Waals surface area (Å²) < 4.78 is 0. The Labute approximate surface area is 214 Å². The Morgan fingerprint density at radius 2 is 1.75 bits per heavy atom. The summed E-state index contributed by atoms with van der Waals surface area (Å²) in [6.45, 7) is 1.97. The summed E-state index contributed by atoms with van der Waals surface area (Å²) in [5.41, 5.74) is 5.83. The lowest BCUT2D eigenvalue weighted by molar-refractivity contribution is -0.00631. The van der Waals surface area contributed by atoms with E-state index >= 15 is 0 Å². The van der Waals surface area contributed by atoms with Gasteiger partial charge < -0.3 is 10.2 Å². The van der Waals surface area contributed by atoms with Gasteiger partial charge in [-0.05, 0) is 78.3 Å². The molecular weight excluding hydrogens is 444 g/mol. The monoisotopic (exact) mass is 480 g/mol. The summed E-state index contributed by atoms with van der Waals surface area (Å²) in [7, 11) is 0. The highest BCUT2D eigenvalue weighted by Gasteiger charge is 2.53. The second-order valence-corrected chi connectivity index (χ2v) is 10.7. The van der Waals surface area contributed by atoms with Gasteiger partial charge in [0.15, 0.2) is 5.78 Å². The van der Waals surface area contributed by atoms with Crippen molar-refractivity contribution in [2.75, 3.05) is 6.61 Å². The molecule has 3 aromatic carbocycles. The third-order valence-corrected chi connectivity index (χ3v) is 8.62. The van der Waals surface area contributed by atoms with Gasteiger partial charge in [0.25, 0.3) is 0 Å². The van der Waals surface area contributed by atoms with E-state index in [1.54, 1.807) is 0 Å². The van der Waals surface area contributed by atoms with Gasteiger partial charge >= 0.3 is 0 Å². The van der Waals surface area contributed by atoms with Crippen LogP contribution in [0.15, 0.2) is 84.4 Å². The van der Waals surface area contributed by atoms with Gasteiger partial charge in [-0.3, -0.25) is 4.79 Å². The number of aliphatic hydroxyl groups is 2. The fourth-order valence-corrected chi connectivity index (χ4v) is 6.68. The van der Waals surface area contributed by atoms with Crippen molar-refractivity contribution in [2.24, 2.45) is 5.92 Å². The zero-order valence-electron chi connectivity index (χ0n) is 21.1. The Hall–Kier alpha value is -3.01. The Morgan fingerprint density at radius 1 is 1.03 bits per heavy atom. The minimum Gasteiger partial charge on any atom is -0.396 e. The summed E-state index contributed by atoms with van der Waals surface area (Å²) in [6, 6.07) is 27.2. The maximum absolute atomic E-state index is 12.6. The smallest absolute Gasteiger partial charge is 0.165 e. The third-order valence-electron chi connectivity index (χ3n) is 8.62. The molecule has 5 rings (SSSR count). The molecule has 2 aliphatic rings. The highest BCUT2D eigenvalue weighted by molar-refractivity contribution is 5.96. The number of Topliss-reactive ketones (excluding diaryl/α,β-unsaturated/α-hetero) is 1. The van der Waals surface area contributed by atoms with Crippen LogP contribution in [0, 0.1) is 5.92 Å². The standard InChI is InChI=1S/C33H36O3/c1-2-33(36)23-28-15-13-26-20-27(31(35)17-18-34)14-16-30(26)32(28,21-25-11-7-4-8-12-25)22-29(33)19-24-9-5-3-6-10-24/h3-12,14,16,19-20,28,34,36H,2,13,15,17-18,21-23H2,1H3. The lowest BCUT2D eigenvalue weighted by Crippen LogP contribution is -2.52. The first-order valence-corrected chi connectivity index (χ1v) is 13.3. The Morgan fingerprint density at radius 3 is 2.44 bits per heavy atom. The van der Waals surface area contributed by atoms with Gasteiger partial charge in [0.2, 0.25) is 0 Å². The molecule has 3 aromatic rings. The lowest BCUT2D eigenvalue weighted by atomic mass is 9.51. The van der Waals surface area contributed by atoms with Crippen molar-refractivity contribution < 1.29 is 15.0 Å². The second-order valence-electron chi connectivity index (χ2n) is 10.7. The number of aryl methyl sites for hydroxylation is 1. The zero-order chi connectivity index (χ0) is 25.2. The number of benzene rings is 3. The van der Waals surface area contributed by atoms with Crippen LogP contribution in [-0.4, -0.2) is 28.2 Å². The maximum atomic E-state index is 12.6. The summed E-state index contributed by atoms with van der Waals surface area (Å²) in [5.74, 6) is 0.343. The molecule has 0 radical (unpaired) electrons. The highest BCUT2D eigenvalue weighted by atomic mass is 16.3. The van der Waals surface area contributed by atoms with E-state index in [-0.39, 0.29) is 24.2 Å². The van der Waals surface area contributed by atoms with E-state index in [1.165, 1.54) is 16.7 Å². The van der Waals surface area contributed by atoms with Gasteiger partial charge in [0.05, 0.1) is 12.2 Å². The van der Waals surface area contributed by atoms with E-state index in [9.17, 15) is 15.0 Å². The first-order valence-electron chi connectivity index (χ1n) is 13.3. The third kappa shape index (κ3) is 4.58. The normalized spacial score (nSPS) is 26.3. The molecular formula is C33H36O3. The molecule has 2 N–H and O–H groups in total. The Balaban J connectivity index is 1.65. The van der Waals surface area contributed by atoms with Gasteiger partial charge in [-0.15, -0.1) is 0 Å². The SMILES string of the molecule is CCC1(O)CC2CCc3cc(C(=O)CCO)ccc3C2(Cc2ccccc2)CC1=Cc1ccccc1. The molecule has 3 atom stereocenters. The van der Waals surface area contributed by atoms with E-state index in [1.807, 2.05) is 24.3 Å². The van der Waals surface area contributed by atoms with Crippen LogP contribution in [0.5, 0.6) is 0 Å². The summed E-state index contributed by atoms with van der Waals surface area (Å²) in [6.07, 6.45) is 7.42. The van der Waals surface area contributed by atoms with Crippen molar-refractivity contribution in [3.8, 4) is 0 Å². The molecule has 2 aliphatic carbocycles. The van der Waals surface area contributed by atoms with E-state index < -0.39 is 5.60 Å². The number of rotatable bonds is 7. The molecule has 1 fully saturated rings. The highest BCUT2D eigenvalue weighted by Crippen LogP contribution is 2.57. The van der Waals surface area contributed by atoms with Crippen LogP contribution in [-0.2, 0) is 18.3 Å². The molecule has 36 heavy (non-hydrogen) atoms. The zero-order valence-corrected chi connectivity index (χ0v) is 21.1. The van der Waals surface area contributed by atoms with Crippen LogP contribution in [0.2, 0.25) is 0 Å². The second kappa shape index (κ2) is 10.2. The molecule has 0 aromatic heterocycles. The predicted octanol–water partition coefficient (Wildman–Crippen LogP) is 6.31. The van der Waals surface area contributed by atoms with Crippen molar-refractivity contribution in [3.63, 3.8) is 0 Å². The number of aliphatic hydroxyl groups excluding tert-OH is 1. The van der Waals surface area contributed by atoms with Crippen molar-refractivity contribution in [2.45, 2.75) is 62.9 Å². The Bertz CT molecular complexity index is 1250. The number of carbonyl (C=O) groups is 1. The number of hydrogen-bond acceptors (Lipinski definition) is 3. The largest absolute Gasteiger partial charge is 0.396 e. The number of carbonyl (C=O) groups excluding carboxylic acids is 1. The molecule has 186 valence electrons. The molecule has 0 bridgehead atoms. The fourth-order valence-electron chi connectivity index (χ4n) is 6.68. The number of ketones is 1. The summed E-state index contributed by atoms with van der Waals surface area (Å²) >= 11 is 0. The van der Waals surface area contributed by atoms with Crippen molar-refractivity contribution in [1.82, 2.24) is 0 Å². The van der Waals surface area contributed by atoms with Crippen LogP contribution < -0.4 is 0 Å². The molecule has 3 heteroatoms. The van der Waals surface area contributed by atoms with Crippen LogP contribution in [0.1, 0.15) is 71.6 Å². The summed E-state index contributed by atoms with van der Waals surface area (Å²) in [5, 5.41) is 21.2. The topological polar surface area (TPSA) is 57.5 Å². The van der Waals surface area contributed by atoms with Gasteiger partial charge in [0, 0.05) is 17.4 Å². The van der Waals surface area contributed by atoms with Gasteiger partial charge in [-0.1, -0.05) is 85.8 Å². The van der Waals surface area contributed by atoms with Crippen LogP contribution in [0.3, 0.4) is 0 Å². The van der Waals surface area contributed by atoms with Crippen molar-refractivity contribution >= 4 is 11.9 Å².